The number of aryl methyl sites for hydroxylation is 2. The number of hydrogen-bond acceptors (Lipinski definition) is 5. The Morgan fingerprint density at radius 2 is 2.03 bits per heavy atom. The van der Waals surface area contributed by atoms with Gasteiger partial charge in [0.15, 0.2) is 17.5 Å². The number of hydrogen-bond donors (Lipinski definition) is 2. The number of nitrogens with one attached hydrogen (secondary N) is 2. The quantitative estimate of drug-likeness (QED) is 0.478. The van der Waals surface area contributed by atoms with Crippen LogP contribution in [-0.2, 0) is 13.0 Å². The minimum Gasteiger partial charge on any atom is -0.493 e. The second-order valence-corrected chi connectivity index (χ2v) is 7.65. The molecule has 0 aliphatic heterocycles. The molecule has 1 aliphatic carbocycles. The predicted octanol–water partition coefficient (Wildman–Crippen LogP) is 3.92. The van der Waals surface area contributed by atoms with Crippen molar-refractivity contribution < 1.29 is 14.0 Å². The van der Waals surface area contributed by atoms with Crippen LogP contribution in [0.1, 0.15) is 55.2 Å². The monoisotopic (exact) mass is 414 g/mol. The van der Waals surface area contributed by atoms with Crippen molar-refractivity contribution in [2.75, 3.05) is 20.2 Å². The van der Waals surface area contributed by atoms with Gasteiger partial charge < -0.3 is 24.6 Å². The van der Waals surface area contributed by atoms with Gasteiger partial charge in [-0.25, -0.2) is 4.99 Å². The van der Waals surface area contributed by atoms with Gasteiger partial charge in [-0.15, -0.1) is 0 Å². The van der Waals surface area contributed by atoms with Gasteiger partial charge in [0.2, 0.25) is 0 Å². The molecule has 2 N–H and O–H groups in total. The van der Waals surface area contributed by atoms with Gasteiger partial charge >= 0.3 is 0 Å². The highest BCUT2D eigenvalue weighted by Gasteiger charge is 2.20. The Balaban J connectivity index is 1.67. The lowest BCUT2D eigenvalue weighted by atomic mass is 10.1. The number of rotatable bonds is 9. The third-order valence-corrected chi connectivity index (χ3v) is 5.47. The third-order valence-electron chi connectivity index (χ3n) is 5.47. The van der Waals surface area contributed by atoms with E-state index in [1.165, 1.54) is 12.8 Å². The minimum absolute atomic E-state index is 0.269. The number of ether oxygens (including phenoxy) is 2. The first-order valence-electron chi connectivity index (χ1n) is 10.9. The minimum atomic E-state index is 0.269. The van der Waals surface area contributed by atoms with Crippen LogP contribution >= 0.6 is 0 Å². The Kier molecular flexibility index (Phi) is 7.99. The van der Waals surface area contributed by atoms with Crippen LogP contribution in [0.4, 0.5) is 0 Å². The molecule has 3 rings (SSSR count). The standard InChI is InChI=1S/C23H34N4O3/c1-5-24-23(25-14-13-20-16(2)27-30-17(20)3)26-15-18-9-8-12-21(28-4)22(18)29-19-10-6-7-11-19/h8-9,12,19H,5-7,10-11,13-15H2,1-4H3,(H2,24,25,26). The highest BCUT2D eigenvalue weighted by Crippen LogP contribution is 2.35. The number of methoxy groups -OCH3 is 1. The molecule has 1 saturated carbocycles. The lowest BCUT2D eigenvalue weighted by molar-refractivity contribution is 0.198. The van der Waals surface area contributed by atoms with E-state index in [2.05, 4.69) is 28.8 Å². The van der Waals surface area contributed by atoms with Crippen molar-refractivity contribution in [3.63, 3.8) is 0 Å². The molecule has 7 heteroatoms. The summed E-state index contributed by atoms with van der Waals surface area (Å²) in [4.78, 5) is 4.78. The molecule has 2 aromatic rings. The van der Waals surface area contributed by atoms with E-state index in [-0.39, 0.29) is 6.10 Å². The summed E-state index contributed by atoms with van der Waals surface area (Å²) >= 11 is 0. The van der Waals surface area contributed by atoms with Crippen LogP contribution in [0.2, 0.25) is 0 Å². The molecule has 0 atom stereocenters. The summed E-state index contributed by atoms with van der Waals surface area (Å²) in [7, 11) is 1.68. The molecule has 0 unspecified atom stereocenters. The first-order valence-corrected chi connectivity index (χ1v) is 10.9. The second-order valence-electron chi connectivity index (χ2n) is 7.65. The van der Waals surface area contributed by atoms with Gasteiger partial charge in [0.05, 0.1) is 25.5 Å². The molecule has 1 aromatic heterocycles. The molecule has 1 aromatic carbocycles. The zero-order valence-electron chi connectivity index (χ0n) is 18.6. The molecule has 164 valence electrons. The first kappa shape index (κ1) is 22.0. The van der Waals surface area contributed by atoms with Crippen molar-refractivity contribution >= 4 is 5.96 Å². The summed E-state index contributed by atoms with van der Waals surface area (Å²) in [6.45, 7) is 8.04. The van der Waals surface area contributed by atoms with Crippen LogP contribution in [0.3, 0.4) is 0 Å². The normalized spacial score (nSPS) is 14.7. The highest BCUT2D eigenvalue weighted by atomic mass is 16.5. The fourth-order valence-electron chi connectivity index (χ4n) is 3.82. The van der Waals surface area contributed by atoms with E-state index in [9.17, 15) is 0 Å². The number of guanidine groups is 1. The van der Waals surface area contributed by atoms with Crippen molar-refractivity contribution in [3.8, 4) is 11.5 Å². The lowest BCUT2D eigenvalue weighted by Crippen LogP contribution is -2.38. The van der Waals surface area contributed by atoms with Crippen molar-refractivity contribution in [2.24, 2.45) is 4.99 Å². The molecule has 0 saturated heterocycles. The molecule has 7 nitrogen and oxygen atoms in total. The maximum absolute atomic E-state index is 6.32. The van der Waals surface area contributed by atoms with Gasteiger partial charge in [-0.05, 0) is 58.9 Å². The van der Waals surface area contributed by atoms with Crippen molar-refractivity contribution in [1.82, 2.24) is 15.8 Å². The van der Waals surface area contributed by atoms with Gasteiger partial charge in [0.25, 0.3) is 0 Å². The van der Waals surface area contributed by atoms with E-state index in [0.29, 0.717) is 6.54 Å². The average Bonchev–Trinajstić information content (AvgIpc) is 3.37. The van der Waals surface area contributed by atoms with E-state index in [1.807, 2.05) is 26.0 Å². The van der Waals surface area contributed by atoms with Crippen LogP contribution in [0.15, 0.2) is 27.7 Å². The Labute approximate surface area is 179 Å². The fraction of sp³-hybridized carbons (Fsp3) is 0.565. The molecule has 1 heterocycles. The number of aliphatic imine (C=N–C) groups is 1. The Morgan fingerprint density at radius 3 is 2.70 bits per heavy atom. The Bertz CT molecular complexity index is 821. The van der Waals surface area contributed by atoms with Crippen molar-refractivity contribution in [1.29, 1.82) is 0 Å². The maximum atomic E-state index is 6.32. The Morgan fingerprint density at radius 1 is 1.23 bits per heavy atom. The van der Waals surface area contributed by atoms with Crippen LogP contribution in [0.25, 0.3) is 0 Å². The lowest BCUT2D eigenvalue weighted by Gasteiger charge is -2.19. The number of aromatic nitrogens is 1. The van der Waals surface area contributed by atoms with Crippen LogP contribution in [0, 0.1) is 13.8 Å². The predicted molar refractivity (Wildman–Crippen MR) is 118 cm³/mol. The largest absolute Gasteiger partial charge is 0.493 e. The van der Waals surface area contributed by atoms with Crippen LogP contribution in [-0.4, -0.2) is 37.4 Å². The summed E-state index contributed by atoms with van der Waals surface area (Å²) in [5, 5.41) is 10.7. The molecule has 1 fully saturated rings. The summed E-state index contributed by atoms with van der Waals surface area (Å²) in [6, 6.07) is 6.00. The molecule has 30 heavy (non-hydrogen) atoms. The topological polar surface area (TPSA) is 80.9 Å². The molecular formula is C23H34N4O3. The van der Waals surface area contributed by atoms with E-state index >= 15 is 0 Å². The molecule has 0 spiro atoms. The second kappa shape index (κ2) is 10.9. The highest BCUT2D eigenvalue weighted by molar-refractivity contribution is 5.79. The molecule has 1 aliphatic rings. The fourth-order valence-corrected chi connectivity index (χ4v) is 3.82. The molecule has 0 radical (unpaired) electrons. The van der Waals surface area contributed by atoms with Gasteiger partial charge in [-0.2, -0.15) is 0 Å². The van der Waals surface area contributed by atoms with Gasteiger partial charge in [0.1, 0.15) is 5.76 Å². The third kappa shape index (κ3) is 5.68. The van der Waals surface area contributed by atoms with Crippen molar-refractivity contribution in [3.05, 3.63) is 40.8 Å². The van der Waals surface area contributed by atoms with Gasteiger partial charge in [-0.1, -0.05) is 17.3 Å². The van der Waals surface area contributed by atoms with Crippen molar-refractivity contribution in [2.45, 2.75) is 65.5 Å². The maximum Gasteiger partial charge on any atom is 0.191 e. The summed E-state index contributed by atoms with van der Waals surface area (Å²) in [6.07, 6.45) is 5.77. The summed E-state index contributed by atoms with van der Waals surface area (Å²) in [5.74, 6) is 3.24. The van der Waals surface area contributed by atoms with Gasteiger partial charge in [0, 0.05) is 24.2 Å². The summed E-state index contributed by atoms with van der Waals surface area (Å²) < 4.78 is 17.1. The first-order chi connectivity index (χ1) is 14.6. The van der Waals surface area contributed by atoms with E-state index in [1.54, 1.807) is 7.11 Å². The van der Waals surface area contributed by atoms with E-state index in [4.69, 9.17) is 19.0 Å². The van der Waals surface area contributed by atoms with Crippen LogP contribution < -0.4 is 20.1 Å². The smallest absolute Gasteiger partial charge is 0.191 e. The average molecular weight is 415 g/mol. The van der Waals surface area contributed by atoms with Crippen LogP contribution in [0.5, 0.6) is 11.5 Å². The van der Waals surface area contributed by atoms with E-state index < -0.39 is 0 Å². The number of nitrogens with zero attached hydrogens (tertiary/aromatic N) is 2. The zero-order chi connectivity index (χ0) is 21.3. The zero-order valence-corrected chi connectivity index (χ0v) is 18.6. The number of benzene rings is 1. The molecular weight excluding hydrogens is 380 g/mol. The molecule has 0 bridgehead atoms. The van der Waals surface area contributed by atoms with Gasteiger partial charge in [-0.3, -0.25) is 0 Å². The SMILES string of the molecule is CCNC(=NCc1cccc(OC)c1OC1CCCC1)NCCc1c(C)noc1C. The summed E-state index contributed by atoms with van der Waals surface area (Å²) in [5.41, 5.74) is 3.13. The van der Waals surface area contributed by atoms with E-state index in [0.717, 1.165) is 72.4 Å². The molecule has 0 amide bonds. The Hall–Kier alpha value is -2.70. The number of para-hydroxylation sites is 1.